The number of anilines is 1. The van der Waals surface area contributed by atoms with Gasteiger partial charge >= 0.3 is 0 Å². The zero-order valence-electron chi connectivity index (χ0n) is 8.83. The van der Waals surface area contributed by atoms with Crippen LogP contribution in [0.3, 0.4) is 0 Å². The van der Waals surface area contributed by atoms with E-state index >= 15 is 0 Å². The molecule has 1 aromatic carbocycles. The molecule has 0 aliphatic heterocycles. The second-order valence-corrected chi connectivity index (χ2v) is 3.16. The summed E-state index contributed by atoms with van der Waals surface area (Å²) in [6, 6.07) is 6.46. The fourth-order valence-electron chi connectivity index (χ4n) is 1.29. The summed E-state index contributed by atoms with van der Waals surface area (Å²) in [5, 5.41) is 8.83. The predicted molar refractivity (Wildman–Crippen MR) is 56.3 cm³/mol. The molecule has 0 aromatic heterocycles. The Kier molecular flexibility index (Phi) is 4.07. The van der Waals surface area contributed by atoms with Gasteiger partial charge in [-0.3, -0.25) is 0 Å². The number of methoxy groups -OCH3 is 1. The maximum absolute atomic E-state index is 13.3. The quantitative estimate of drug-likeness (QED) is 0.756. The van der Waals surface area contributed by atoms with Gasteiger partial charge < -0.3 is 9.64 Å². The van der Waals surface area contributed by atoms with E-state index in [9.17, 15) is 4.39 Å². The average molecular weight is 208 g/mol. The van der Waals surface area contributed by atoms with Crippen LogP contribution in [0.2, 0.25) is 0 Å². The van der Waals surface area contributed by atoms with Crippen molar-refractivity contribution in [1.82, 2.24) is 0 Å². The Morgan fingerprint density at radius 3 is 2.87 bits per heavy atom. The third kappa shape index (κ3) is 2.67. The number of hydrogen-bond acceptors (Lipinski definition) is 3. The highest BCUT2D eigenvalue weighted by Gasteiger charge is 2.10. The number of likely N-dealkylation sites (N-methyl/N-ethyl adjacent to an activating group) is 1. The van der Waals surface area contributed by atoms with Crippen molar-refractivity contribution in [3.8, 4) is 6.07 Å². The SMILES string of the molecule is COCCN(C)c1cccc(F)c1C#N. The lowest BCUT2D eigenvalue weighted by molar-refractivity contribution is 0.206. The van der Waals surface area contributed by atoms with E-state index in [-0.39, 0.29) is 5.56 Å². The third-order valence-electron chi connectivity index (χ3n) is 2.15. The summed E-state index contributed by atoms with van der Waals surface area (Å²) in [6.45, 7) is 1.16. The van der Waals surface area contributed by atoms with Crippen LogP contribution in [0.25, 0.3) is 0 Å². The largest absolute Gasteiger partial charge is 0.383 e. The van der Waals surface area contributed by atoms with Gasteiger partial charge in [0.25, 0.3) is 0 Å². The Bertz CT molecular complexity index is 373. The van der Waals surface area contributed by atoms with E-state index in [0.717, 1.165) is 0 Å². The monoisotopic (exact) mass is 208 g/mol. The van der Waals surface area contributed by atoms with Crippen molar-refractivity contribution in [2.75, 3.05) is 32.2 Å². The van der Waals surface area contributed by atoms with Crippen LogP contribution in [-0.2, 0) is 4.74 Å². The van der Waals surface area contributed by atoms with Gasteiger partial charge in [-0.2, -0.15) is 5.26 Å². The Morgan fingerprint density at radius 1 is 1.53 bits per heavy atom. The second-order valence-electron chi connectivity index (χ2n) is 3.16. The van der Waals surface area contributed by atoms with Crippen molar-refractivity contribution in [3.05, 3.63) is 29.6 Å². The fraction of sp³-hybridized carbons (Fsp3) is 0.364. The summed E-state index contributed by atoms with van der Waals surface area (Å²) in [5.74, 6) is -0.487. The molecule has 1 aromatic rings. The van der Waals surface area contributed by atoms with E-state index in [4.69, 9.17) is 10.00 Å². The first-order valence-corrected chi connectivity index (χ1v) is 4.59. The highest BCUT2D eigenvalue weighted by atomic mass is 19.1. The average Bonchev–Trinajstić information content (AvgIpc) is 2.25. The number of benzene rings is 1. The molecular weight excluding hydrogens is 195 g/mol. The molecule has 0 N–H and O–H groups in total. The molecule has 4 heteroatoms. The van der Waals surface area contributed by atoms with Gasteiger partial charge in [0, 0.05) is 20.7 Å². The minimum Gasteiger partial charge on any atom is -0.383 e. The maximum Gasteiger partial charge on any atom is 0.143 e. The zero-order chi connectivity index (χ0) is 11.3. The number of nitriles is 1. The van der Waals surface area contributed by atoms with E-state index < -0.39 is 5.82 Å². The van der Waals surface area contributed by atoms with E-state index in [1.165, 1.54) is 6.07 Å². The summed E-state index contributed by atoms with van der Waals surface area (Å²) in [7, 11) is 3.40. The molecule has 0 fully saturated rings. The summed E-state index contributed by atoms with van der Waals surface area (Å²) < 4.78 is 18.2. The van der Waals surface area contributed by atoms with Gasteiger partial charge in [0.1, 0.15) is 17.4 Å². The highest BCUT2D eigenvalue weighted by molar-refractivity contribution is 5.59. The van der Waals surface area contributed by atoms with Gasteiger partial charge in [0.15, 0.2) is 0 Å². The Labute approximate surface area is 88.7 Å². The van der Waals surface area contributed by atoms with Crippen molar-refractivity contribution < 1.29 is 9.13 Å². The Balaban J connectivity index is 2.93. The van der Waals surface area contributed by atoms with Crippen LogP contribution in [0.15, 0.2) is 18.2 Å². The summed E-state index contributed by atoms with van der Waals surface area (Å²) in [5.41, 5.74) is 0.672. The van der Waals surface area contributed by atoms with E-state index in [1.807, 2.05) is 6.07 Å². The smallest absolute Gasteiger partial charge is 0.143 e. The lowest BCUT2D eigenvalue weighted by Crippen LogP contribution is -2.23. The highest BCUT2D eigenvalue weighted by Crippen LogP contribution is 2.20. The van der Waals surface area contributed by atoms with E-state index in [2.05, 4.69) is 0 Å². The minimum absolute atomic E-state index is 0.0797. The van der Waals surface area contributed by atoms with Crippen molar-refractivity contribution >= 4 is 5.69 Å². The zero-order valence-corrected chi connectivity index (χ0v) is 8.83. The molecule has 0 spiro atoms. The first-order chi connectivity index (χ1) is 7.20. The maximum atomic E-state index is 13.3. The number of rotatable bonds is 4. The molecular formula is C11H13FN2O. The minimum atomic E-state index is -0.487. The molecule has 0 saturated carbocycles. The van der Waals surface area contributed by atoms with Crippen LogP contribution in [0.4, 0.5) is 10.1 Å². The summed E-state index contributed by atoms with van der Waals surface area (Å²) >= 11 is 0. The molecule has 0 bridgehead atoms. The molecule has 0 radical (unpaired) electrons. The molecule has 0 amide bonds. The van der Waals surface area contributed by atoms with Gasteiger partial charge in [-0.05, 0) is 12.1 Å². The molecule has 0 aliphatic rings. The number of halogens is 1. The molecule has 0 unspecified atom stereocenters. The van der Waals surface area contributed by atoms with Crippen molar-refractivity contribution in [1.29, 1.82) is 5.26 Å². The third-order valence-corrected chi connectivity index (χ3v) is 2.15. The number of ether oxygens (including phenoxy) is 1. The van der Waals surface area contributed by atoms with Crippen LogP contribution < -0.4 is 4.90 Å². The molecule has 0 heterocycles. The molecule has 1 rings (SSSR count). The lowest BCUT2D eigenvalue weighted by atomic mass is 10.1. The van der Waals surface area contributed by atoms with Crippen molar-refractivity contribution in [3.63, 3.8) is 0 Å². The van der Waals surface area contributed by atoms with Gasteiger partial charge in [0.05, 0.1) is 12.3 Å². The normalized spacial score (nSPS) is 9.73. The number of nitrogens with zero attached hydrogens (tertiary/aromatic N) is 2. The summed E-state index contributed by atoms with van der Waals surface area (Å²) in [6.07, 6.45) is 0. The van der Waals surface area contributed by atoms with Crippen LogP contribution in [-0.4, -0.2) is 27.3 Å². The second kappa shape index (κ2) is 5.32. The molecule has 3 nitrogen and oxygen atoms in total. The van der Waals surface area contributed by atoms with E-state index in [1.54, 1.807) is 31.2 Å². The molecule has 0 atom stereocenters. The van der Waals surface area contributed by atoms with Gasteiger partial charge in [-0.1, -0.05) is 6.07 Å². The van der Waals surface area contributed by atoms with Crippen LogP contribution >= 0.6 is 0 Å². The molecule has 0 saturated heterocycles. The van der Waals surface area contributed by atoms with Gasteiger partial charge in [-0.25, -0.2) is 4.39 Å². The molecule has 80 valence electrons. The molecule has 0 aliphatic carbocycles. The van der Waals surface area contributed by atoms with Gasteiger partial charge in [0.2, 0.25) is 0 Å². The standard InChI is InChI=1S/C11H13FN2O/c1-14(6-7-15-2)11-5-3-4-10(12)9(11)8-13/h3-5H,6-7H2,1-2H3. The fourth-order valence-corrected chi connectivity index (χ4v) is 1.29. The van der Waals surface area contributed by atoms with Crippen LogP contribution in [0, 0.1) is 17.1 Å². The molecule has 15 heavy (non-hydrogen) atoms. The number of hydrogen-bond donors (Lipinski definition) is 0. The Hall–Kier alpha value is -1.60. The topological polar surface area (TPSA) is 36.3 Å². The first kappa shape index (κ1) is 11.5. The van der Waals surface area contributed by atoms with E-state index in [0.29, 0.717) is 18.8 Å². The lowest BCUT2D eigenvalue weighted by Gasteiger charge is -2.19. The van der Waals surface area contributed by atoms with Crippen LogP contribution in [0.5, 0.6) is 0 Å². The van der Waals surface area contributed by atoms with Crippen LogP contribution in [0.1, 0.15) is 5.56 Å². The first-order valence-electron chi connectivity index (χ1n) is 4.59. The summed E-state index contributed by atoms with van der Waals surface area (Å²) in [4.78, 5) is 1.80. The predicted octanol–water partition coefficient (Wildman–Crippen LogP) is 1.78. The van der Waals surface area contributed by atoms with Gasteiger partial charge in [-0.15, -0.1) is 0 Å². The van der Waals surface area contributed by atoms with Crippen molar-refractivity contribution in [2.24, 2.45) is 0 Å². The van der Waals surface area contributed by atoms with Crippen molar-refractivity contribution in [2.45, 2.75) is 0 Å². The Morgan fingerprint density at radius 2 is 2.27 bits per heavy atom.